The molecule has 0 unspecified atom stereocenters. The summed E-state index contributed by atoms with van der Waals surface area (Å²) in [7, 11) is 0. The van der Waals surface area contributed by atoms with E-state index in [0.717, 1.165) is 6.07 Å². The average Bonchev–Trinajstić information content (AvgIpc) is 2.47. The van der Waals surface area contributed by atoms with E-state index < -0.39 is 16.6 Å². The molecule has 1 amide bonds. The summed E-state index contributed by atoms with van der Waals surface area (Å²) in [5.41, 5.74) is 2.28. The molecule has 0 heterocycles. The number of nitrogens with one attached hydrogen (secondary N) is 2. The summed E-state index contributed by atoms with van der Waals surface area (Å²) < 4.78 is 13.5. The first-order valence-electron chi connectivity index (χ1n) is 5.84. The van der Waals surface area contributed by atoms with E-state index in [-0.39, 0.29) is 16.9 Å². The highest BCUT2D eigenvalue weighted by molar-refractivity contribution is 6.08. The van der Waals surface area contributed by atoms with Gasteiger partial charge in [0, 0.05) is 17.8 Å². The second kappa shape index (κ2) is 5.97. The Morgan fingerprint density at radius 2 is 1.86 bits per heavy atom. The van der Waals surface area contributed by atoms with Crippen LogP contribution in [0.3, 0.4) is 0 Å². The Morgan fingerprint density at radius 1 is 1.19 bits per heavy atom. The number of halogens is 1. The number of nitro groups is 1. The molecule has 0 aromatic heterocycles. The summed E-state index contributed by atoms with van der Waals surface area (Å²) in [6, 6.07) is 9.21. The molecule has 8 heteroatoms. The molecule has 2 aromatic carbocycles. The van der Waals surface area contributed by atoms with E-state index in [4.69, 9.17) is 5.84 Å². The van der Waals surface area contributed by atoms with E-state index in [9.17, 15) is 19.3 Å². The number of benzene rings is 2. The van der Waals surface area contributed by atoms with Crippen molar-refractivity contribution < 1.29 is 14.1 Å². The number of nitrogen functional groups attached to an aromatic ring is 1. The van der Waals surface area contributed by atoms with Gasteiger partial charge < -0.3 is 10.7 Å². The predicted octanol–water partition coefficient (Wildman–Crippen LogP) is 2.27. The molecular weight excluding hydrogens is 279 g/mol. The summed E-state index contributed by atoms with van der Waals surface area (Å²) >= 11 is 0. The van der Waals surface area contributed by atoms with Gasteiger partial charge in [-0.2, -0.15) is 0 Å². The lowest BCUT2D eigenvalue weighted by atomic mass is 10.1. The Morgan fingerprint density at radius 3 is 2.43 bits per heavy atom. The highest BCUT2D eigenvalue weighted by Gasteiger charge is 2.15. The molecule has 0 saturated carbocycles. The molecule has 0 radical (unpaired) electrons. The second-order valence-electron chi connectivity index (χ2n) is 4.06. The number of carbonyl (C=O) groups excluding carboxylic acids is 1. The van der Waals surface area contributed by atoms with Crippen molar-refractivity contribution in [2.75, 3.05) is 10.7 Å². The fourth-order valence-electron chi connectivity index (χ4n) is 1.72. The van der Waals surface area contributed by atoms with Crippen LogP contribution in [0.25, 0.3) is 0 Å². The molecule has 0 aliphatic heterocycles. The minimum atomic E-state index is -0.658. The number of rotatable bonds is 4. The Bertz CT molecular complexity index is 688. The van der Waals surface area contributed by atoms with Crippen LogP contribution in [-0.2, 0) is 0 Å². The summed E-state index contributed by atoms with van der Waals surface area (Å²) in [4.78, 5) is 22.0. The quantitative estimate of drug-likeness (QED) is 0.454. The van der Waals surface area contributed by atoms with Gasteiger partial charge in [0.15, 0.2) is 0 Å². The molecule has 0 spiro atoms. The number of hydrazine groups is 1. The second-order valence-corrected chi connectivity index (χ2v) is 4.06. The zero-order chi connectivity index (χ0) is 15.4. The lowest BCUT2D eigenvalue weighted by molar-refractivity contribution is -0.384. The Hall–Kier alpha value is -3.00. The third-order valence-corrected chi connectivity index (χ3v) is 2.74. The van der Waals surface area contributed by atoms with Gasteiger partial charge in [0.05, 0.1) is 16.2 Å². The highest BCUT2D eigenvalue weighted by Crippen LogP contribution is 2.21. The smallest absolute Gasteiger partial charge is 0.269 e. The number of nitrogens with zero attached hydrogens (tertiary/aromatic N) is 1. The van der Waals surface area contributed by atoms with E-state index in [2.05, 4.69) is 10.7 Å². The number of carbonyl (C=O) groups is 1. The van der Waals surface area contributed by atoms with Crippen LogP contribution in [0.15, 0.2) is 42.5 Å². The molecule has 0 aliphatic carbocycles. The van der Waals surface area contributed by atoms with Crippen LogP contribution in [0.1, 0.15) is 10.4 Å². The largest absolute Gasteiger partial charge is 0.322 e. The van der Waals surface area contributed by atoms with E-state index in [1.807, 2.05) is 0 Å². The van der Waals surface area contributed by atoms with Gasteiger partial charge in [0.25, 0.3) is 11.6 Å². The number of nitrogens with two attached hydrogens (primary N) is 1. The molecule has 0 bridgehead atoms. The monoisotopic (exact) mass is 290 g/mol. The van der Waals surface area contributed by atoms with Crippen molar-refractivity contribution >= 4 is 23.0 Å². The van der Waals surface area contributed by atoms with Gasteiger partial charge in [0.2, 0.25) is 0 Å². The van der Waals surface area contributed by atoms with Crippen LogP contribution in [0.4, 0.5) is 21.5 Å². The van der Waals surface area contributed by atoms with Gasteiger partial charge in [-0.05, 0) is 24.3 Å². The van der Waals surface area contributed by atoms with Crippen LogP contribution >= 0.6 is 0 Å². The van der Waals surface area contributed by atoms with Crippen molar-refractivity contribution in [1.82, 2.24) is 0 Å². The highest BCUT2D eigenvalue weighted by atomic mass is 19.1. The molecule has 0 fully saturated rings. The zero-order valence-corrected chi connectivity index (χ0v) is 10.7. The van der Waals surface area contributed by atoms with Crippen LogP contribution < -0.4 is 16.6 Å². The maximum absolute atomic E-state index is 13.5. The average molecular weight is 290 g/mol. The van der Waals surface area contributed by atoms with E-state index in [1.54, 1.807) is 0 Å². The molecule has 7 nitrogen and oxygen atoms in total. The van der Waals surface area contributed by atoms with Crippen molar-refractivity contribution in [3.05, 3.63) is 64.0 Å². The van der Waals surface area contributed by atoms with Crippen LogP contribution in [-0.4, -0.2) is 10.8 Å². The number of non-ortho nitro benzene ring substituents is 1. The van der Waals surface area contributed by atoms with Gasteiger partial charge in [-0.25, -0.2) is 4.39 Å². The first-order chi connectivity index (χ1) is 10.0. The fourth-order valence-corrected chi connectivity index (χ4v) is 1.72. The Balaban J connectivity index is 2.22. The Kier molecular flexibility index (Phi) is 4.10. The third-order valence-electron chi connectivity index (χ3n) is 2.74. The lowest BCUT2D eigenvalue weighted by Crippen LogP contribution is -2.18. The van der Waals surface area contributed by atoms with Gasteiger partial charge in [0.1, 0.15) is 5.82 Å². The summed E-state index contributed by atoms with van der Waals surface area (Å²) in [6.45, 7) is 0. The van der Waals surface area contributed by atoms with Crippen molar-refractivity contribution in [3.63, 3.8) is 0 Å². The molecule has 4 N–H and O–H groups in total. The molecular formula is C13H11FN4O3. The number of para-hydroxylation sites is 1. The minimum absolute atomic E-state index is 0.0239. The van der Waals surface area contributed by atoms with Gasteiger partial charge >= 0.3 is 0 Å². The third kappa shape index (κ3) is 3.12. The van der Waals surface area contributed by atoms with E-state index in [1.165, 1.54) is 36.4 Å². The SMILES string of the molecule is NNc1c(F)cccc1C(=O)Nc1ccc([N+](=O)[O-])cc1. The van der Waals surface area contributed by atoms with Crippen molar-refractivity contribution in [1.29, 1.82) is 0 Å². The maximum Gasteiger partial charge on any atom is 0.269 e. The number of nitro benzene ring substituents is 1. The first-order valence-corrected chi connectivity index (χ1v) is 5.84. The van der Waals surface area contributed by atoms with Crippen molar-refractivity contribution in [2.45, 2.75) is 0 Å². The number of hydrogen-bond donors (Lipinski definition) is 3. The summed E-state index contributed by atoms with van der Waals surface area (Å²) in [5, 5.41) is 13.0. The summed E-state index contributed by atoms with van der Waals surface area (Å²) in [5.74, 6) is 3.95. The molecule has 0 aliphatic rings. The molecule has 2 rings (SSSR count). The number of anilines is 2. The molecule has 2 aromatic rings. The maximum atomic E-state index is 13.5. The van der Waals surface area contributed by atoms with Gasteiger partial charge in [-0.1, -0.05) is 6.07 Å². The van der Waals surface area contributed by atoms with Gasteiger partial charge in [-0.3, -0.25) is 20.8 Å². The van der Waals surface area contributed by atoms with E-state index >= 15 is 0 Å². The van der Waals surface area contributed by atoms with Crippen LogP contribution in [0.5, 0.6) is 0 Å². The van der Waals surface area contributed by atoms with E-state index in [0.29, 0.717) is 5.69 Å². The van der Waals surface area contributed by atoms with Crippen LogP contribution in [0.2, 0.25) is 0 Å². The molecule has 108 valence electrons. The standard InChI is InChI=1S/C13H11FN4O3/c14-11-3-1-2-10(12(11)17-15)13(19)16-8-4-6-9(7-5-8)18(20)21/h1-7,17H,15H2,(H,16,19). The number of amides is 1. The van der Waals surface area contributed by atoms with Crippen LogP contribution in [0, 0.1) is 15.9 Å². The number of hydrogen-bond acceptors (Lipinski definition) is 5. The van der Waals surface area contributed by atoms with Crippen molar-refractivity contribution in [2.24, 2.45) is 5.84 Å². The van der Waals surface area contributed by atoms with Crippen molar-refractivity contribution in [3.8, 4) is 0 Å². The normalized spacial score (nSPS) is 10.0. The lowest BCUT2D eigenvalue weighted by Gasteiger charge is -2.10. The topological polar surface area (TPSA) is 110 Å². The van der Waals surface area contributed by atoms with Gasteiger partial charge in [-0.15, -0.1) is 0 Å². The minimum Gasteiger partial charge on any atom is -0.322 e. The Labute approximate surface area is 118 Å². The first kappa shape index (κ1) is 14.4. The molecule has 21 heavy (non-hydrogen) atoms. The zero-order valence-electron chi connectivity index (χ0n) is 10.7. The fraction of sp³-hybridized carbons (Fsp3) is 0. The molecule has 0 saturated heterocycles. The molecule has 0 atom stereocenters. The predicted molar refractivity (Wildman–Crippen MR) is 75.3 cm³/mol. The summed E-state index contributed by atoms with van der Waals surface area (Å²) in [6.07, 6.45) is 0.